The fourth-order valence-electron chi connectivity index (χ4n) is 2.40. The van der Waals surface area contributed by atoms with Gasteiger partial charge in [0.1, 0.15) is 11.9 Å². The third kappa shape index (κ3) is 2.06. The number of rotatable bonds is 2. The molecule has 1 aliphatic heterocycles. The summed E-state index contributed by atoms with van der Waals surface area (Å²) in [5.74, 6) is -0.487. The minimum atomic E-state index is -0.536. The van der Waals surface area contributed by atoms with Gasteiger partial charge in [-0.25, -0.2) is 4.39 Å². The second-order valence-electron chi connectivity index (χ2n) is 5.10. The van der Waals surface area contributed by atoms with Gasteiger partial charge in [-0.3, -0.25) is 4.79 Å². The normalized spacial score (nSPS) is 22.8. The van der Waals surface area contributed by atoms with E-state index in [4.69, 9.17) is 5.73 Å². The molecule has 1 unspecified atom stereocenters. The topological polar surface area (TPSA) is 58.4 Å². The van der Waals surface area contributed by atoms with Gasteiger partial charge in [-0.15, -0.1) is 0 Å². The predicted octanol–water partition coefficient (Wildman–Crippen LogP) is 0.868. The van der Waals surface area contributed by atoms with Gasteiger partial charge in [0.05, 0.1) is 11.2 Å². The summed E-state index contributed by atoms with van der Waals surface area (Å²) in [7, 11) is 0. The van der Waals surface area contributed by atoms with Gasteiger partial charge in [0, 0.05) is 13.1 Å². The minimum absolute atomic E-state index is 0.153. The average Bonchev–Trinajstić information content (AvgIpc) is 2.33. The van der Waals surface area contributed by atoms with E-state index < -0.39 is 6.04 Å². The van der Waals surface area contributed by atoms with E-state index in [0.717, 1.165) is 0 Å². The largest absolute Gasteiger partial charge is 0.352 e. The molecule has 1 amide bonds. The van der Waals surface area contributed by atoms with Crippen molar-refractivity contribution in [3.63, 3.8) is 0 Å². The Labute approximate surface area is 106 Å². The first-order valence-corrected chi connectivity index (χ1v) is 5.99. The lowest BCUT2D eigenvalue weighted by Gasteiger charge is -2.48. The van der Waals surface area contributed by atoms with Gasteiger partial charge < -0.3 is 16.0 Å². The molecule has 0 aromatic heterocycles. The first-order valence-electron chi connectivity index (χ1n) is 5.99. The Morgan fingerprint density at radius 1 is 1.50 bits per heavy atom. The van der Waals surface area contributed by atoms with E-state index in [1.165, 1.54) is 6.07 Å². The Kier molecular flexibility index (Phi) is 3.26. The predicted molar refractivity (Wildman–Crippen MR) is 68.8 cm³/mol. The first kappa shape index (κ1) is 12.8. The Morgan fingerprint density at radius 2 is 2.17 bits per heavy atom. The maximum absolute atomic E-state index is 13.9. The van der Waals surface area contributed by atoms with Gasteiger partial charge in [-0.1, -0.05) is 12.1 Å². The van der Waals surface area contributed by atoms with Crippen LogP contribution in [0.3, 0.4) is 0 Å². The van der Waals surface area contributed by atoms with Crippen LogP contribution in [-0.4, -0.2) is 30.6 Å². The summed E-state index contributed by atoms with van der Waals surface area (Å²) in [6.07, 6.45) is 0. The van der Waals surface area contributed by atoms with Crippen molar-refractivity contribution in [3.05, 3.63) is 30.1 Å². The minimum Gasteiger partial charge on any atom is -0.352 e. The number of anilines is 1. The van der Waals surface area contributed by atoms with Crippen LogP contribution in [0.4, 0.5) is 10.1 Å². The third-order valence-corrected chi connectivity index (χ3v) is 3.30. The molecule has 1 atom stereocenters. The van der Waals surface area contributed by atoms with Crippen molar-refractivity contribution in [1.29, 1.82) is 0 Å². The molecular weight excluding hydrogens is 233 g/mol. The molecule has 4 nitrogen and oxygen atoms in total. The molecule has 3 N–H and O–H groups in total. The van der Waals surface area contributed by atoms with E-state index in [-0.39, 0.29) is 23.8 Å². The molecule has 1 fully saturated rings. The van der Waals surface area contributed by atoms with Crippen molar-refractivity contribution < 1.29 is 9.18 Å². The van der Waals surface area contributed by atoms with Crippen molar-refractivity contribution in [2.24, 2.45) is 5.73 Å². The molecule has 2 rings (SSSR count). The molecule has 0 bridgehead atoms. The summed E-state index contributed by atoms with van der Waals surface area (Å²) < 4.78 is 13.9. The molecule has 1 saturated heterocycles. The number of piperazine rings is 1. The molecule has 1 heterocycles. The summed E-state index contributed by atoms with van der Waals surface area (Å²) in [5, 5.41) is 2.81. The molecule has 0 aliphatic carbocycles. The fourth-order valence-corrected chi connectivity index (χ4v) is 2.40. The molecule has 1 aromatic rings. The summed E-state index contributed by atoms with van der Waals surface area (Å²) >= 11 is 0. The quantitative estimate of drug-likeness (QED) is 0.820. The Balaban J connectivity index is 2.48. The number of hydrogen-bond donors (Lipinski definition) is 2. The second-order valence-corrected chi connectivity index (χ2v) is 5.10. The number of amides is 1. The van der Waals surface area contributed by atoms with Crippen molar-refractivity contribution >= 4 is 11.6 Å². The van der Waals surface area contributed by atoms with Crippen molar-refractivity contribution in [1.82, 2.24) is 5.32 Å². The SMILES string of the molecule is CC1(C)CNC(=O)C(CN)N1c1ccccc1F. The molecule has 0 saturated carbocycles. The number of carbonyl (C=O) groups is 1. The number of hydrogen-bond acceptors (Lipinski definition) is 3. The zero-order valence-corrected chi connectivity index (χ0v) is 10.6. The van der Waals surface area contributed by atoms with Crippen LogP contribution in [0.2, 0.25) is 0 Å². The Hall–Kier alpha value is -1.62. The monoisotopic (exact) mass is 251 g/mol. The number of benzene rings is 1. The van der Waals surface area contributed by atoms with E-state index in [2.05, 4.69) is 5.32 Å². The molecule has 98 valence electrons. The first-order chi connectivity index (χ1) is 8.47. The molecule has 18 heavy (non-hydrogen) atoms. The van der Waals surface area contributed by atoms with Crippen molar-refractivity contribution in [3.8, 4) is 0 Å². The standard InChI is InChI=1S/C13H18FN3O/c1-13(2)8-16-12(18)11(7-15)17(13)10-6-4-3-5-9(10)14/h3-6,11H,7-8,15H2,1-2H3,(H,16,18). The average molecular weight is 251 g/mol. The van der Waals surface area contributed by atoms with Gasteiger partial charge >= 0.3 is 0 Å². The summed E-state index contributed by atoms with van der Waals surface area (Å²) in [5.41, 5.74) is 5.72. The van der Waals surface area contributed by atoms with Gasteiger partial charge in [0.15, 0.2) is 0 Å². The van der Waals surface area contributed by atoms with Crippen LogP contribution >= 0.6 is 0 Å². The second kappa shape index (κ2) is 4.57. The summed E-state index contributed by atoms with van der Waals surface area (Å²) in [6.45, 7) is 4.54. The highest BCUT2D eigenvalue weighted by molar-refractivity contribution is 5.87. The maximum atomic E-state index is 13.9. The fraction of sp³-hybridized carbons (Fsp3) is 0.462. The number of nitrogens with two attached hydrogens (primary N) is 1. The smallest absolute Gasteiger partial charge is 0.244 e. The molecule has 1 aliphatic rings. The molecular formula is C13H18FN3O. The zero-order valence-electron chi connectivity index (χ0n) is 10.6. The molecule has 1 aromatic carbocycles. The highest BCUT2D eigenvalue weighted by Gasteiger charge is 2.41. The van der Waals surface area contributed by atoms with E-state index in [9.17, 15) is 9.18 Å². The van der Waals surface area contributed by atoms with E-state index in [1.54, 1.807) is 23.1 Å². The van der Waals surface area contributed by atoms with Crippen LogP contribution in [0, 0.1) is 5.82 Å². The highest BCUT2D eigenvalue weighted by atomic mass is 19.1. The number of para-hydroxylation sites is 1. The number of nitrogens with zero attached hydrogens (tertiary/aromatic N) is 1. The van der Waals surface area contributed by atoms with Gasteiger partial charge in [-0.2, -0.15) is 0 Å². The van der Waals surface area contributed by atoms with Crippen LogP contribution in [0.5, 0.6) is 0 Å². The van der Waals surface area contributed by atoms with E-state index in [1.807, 2.05) is 13.8 Å². The third-order valence-electron chi connectivity index (χ3n) is 3.30. The highest BCUT2D eigenvalue weighted by Crippen LogP contribution is 2.30. The number of halogens is 1. The lowest BCUT2D eigenvalue weighted by Crippen LogP contribution is -2.68. The van der Waals surface area contributed by atoms with Crippen molar-refractivity contribution in [2.75, 3.05) is 18.0 Å². The van der Waals surface area contributed by atoms with E-state index in [0.29, 0.717) is 12.2 Å². The maximum Gasteiger partial charge on any atom is 0.244 e. The van der Waals surface area contributed by atoms with Crippen LogP contribution < -0.4 is 16.0 Å². The lowest BCUT2D eigenvalue weighted by molar-refractivity contribution is -0.124. The van der Waals surface area contributed by atoms with Crippen LogP contribution in [0.1, 0.15) is 13.8 Å². The van der Waals surface area contributed by atoms with Crippen LogP contribution in [-0.2, 0) is 4.79 Å². The summed E-state index contributed by atoms with van der Waals surface area (Å²) in [6, 6.07) is 5.93. The van der Waals surface area contributed by atoms with E-state index >= 15 is 0 Å². The van der Waals surface area contributed by atoms with Crippen LogP contribution in [0.15, 0.2) is 24.3 Å². The zero-order chi connectivity index (χ0) is 13.3. The van der Waals surface area contributed by atoms with Crippen molar-refractivity contribution in [2.45, 2.75) is 25.4 Å². The molecule has 5 heteroatoms. The van der Waals surface area contributed by atoms with Gasteiger partial charge in [0.2, 0.25) is 5.91 Å². The Bertz CT molecular complexity index is 461. The Morgan fingerprint density at radius 3 is 2.78 bits per heavy atom. The van der Waals surface area contributed by atoms with Crippen LogP contribution in [0.25, 0.3) is 0 Å². The molecule has 0 radical (unpaired) electrons. The molecule has 0 spiro atoms. The summed E-state index contributed by atoms with van der Waals surface area (Å²) in [4.78, 5) is 13.6. The number of nitrogens with one attached hydrogen (secondary N) is 1. The lowest BCUT2D eigenvalue weighted by atomic mass is 9.94. The number of carbonyl (C=O) groups excluding carboxylic acids is 1. The van der Waals surface area contributed by atoms with Gasteiger partial charge in [-0.05, 0) is 26.0 Å². The van der Waals surface area contributed by atoms with Gasteiger partial charge in [0.25, 0.3) is 0 Å².